The van der Waals surface area contributed by atoms with E-state index in [-0.39, 0.29) is 24.1 Å². The van der Waals surface area contributed by atoms with Gasteiger partial charge in [-0.1, -0.05) is 61.5 Å². The van der Waals surface area contributed by atoms with Crippen molar-refractivity contribution in [3.63, 3.8) is 0 Å². The van der Waals surface area contributed by atoms with Gasteiger partial charge in [0.15, 0.2) is 11.0 Å². The van der Waals surface area contributed by atoms with Gasteiger partial charge < -0.3 is 10.6 Å². The molecule has 2 aromatic carbocycles. The summed E-state index contributed by atoms with van der Waals surface area (Å²) < 4.78 is 2.05. The van der Waals surface area contributed by atoms with Crippen LogP contribution >= 0.6 is 34.3 Å². The molecule has 6 rings (SSSR count). The zero-order valence-electron chi connectivity index (χ0n) is 31.2. The van der Waals surface area contributed by atoms with E-state index in [1.165, 1.54) is 16.2 Å². The second-order valence-corrected chi connectivity index (χ2v) is 16.4. The molecule has 3 amide bonds. The van der Waals surface area contributed by atoms with Crippen LogP contribution in [-0.2, 0) is 9.59 Å². The Morgan fingerprint density at radius 3 is 2.28 bits per heavy atom. The smallest absolute Gasteiger partial charge is 0.259 e. The number of thiazole rings is 1. The Morgan fingerprint density at radius 1 is 0.815 bits per heavy atom. The second kappa shape index (κ2) is 17.6. The molecule has 4 heterocycles. The first kappa shape index (κ1) is 39.0. The number of carbonyl (C=O) groups excluding carboxylic acids is 3. The van der Waals surface area contributed by atoms with Crippen molar-refractivity contribution in [2.24, 2.45) is 4.99 Å². The van der Waals surface area contributed by atoms with Crippen molar-refractivity contribution in [3.05, 3.63) is 103 Å². The highest BCUT2D eigenvalue weighted by Gasteiger charge is 2.32. The van der Waals surface area contributed by atoms with Gasteiger partial charge in [-0.05, 0) is 77.3 Å². The first-order chi connectivity index (χ1) is 26.0. The largest absolute Gasteiger partial charge is 0.356 e. The van der Waals surface area contributed by atoms with E-state index in [0.717, 1.165) is 82.3 Å². The van der Waals surface area contributed by atoms with Crippen LogP contribution in [0.3, 0.4) is 0 Å². The number of anilines is 2. The molecule has 1 aliphatic rings. The minimum Gasteiger partial charge on any atom is -0.356 e. The number of carbonyl (C=O) groups is 3. The van der Waals surface area contributed by atoms with Crippen LogP contribution in [-0.4, -0.2) is 49.7 Å². The summed E-state index contributed by atoms with van der Waals surface area (Å²) in [5.41, 5.74) is 5.72. The lowest BCUT2D eigenvalue weighted by molar-refractivity contribution is -0.121. The molecule has 5 aromatic rings. The van der Waals surface area contributed by atoms with Crippen molar-refractivity contribution in [2.45, 2.75) is 92.0 Å². The maximum Gasteiger partial charge on any atom is 0.259 e. The van der Waals surface area contributed by atoms with Gasteiger partial charge in [0.2, 0.25) is 11.8 Å². The van der Waals surface area contributed by atoms with E-state index < -0.39 is 6.04 Å². The number of nitrogens with zero attached hydrogens (tertiary/aromatic N) is 5. The fourth-order valence-corrected chi connectivity index (χ4v) is 8.57. The van der Waals surface area contributed by atoms with Crippen molar-refractivity contribution < 1.29 is 14.4 Å². The molecule has 1 aliphatic heterocycles. The van der Waals surface area contributed by atoms with Gasteiger partial charge in [-0.25, -0.2) is 4.98 Å². The monoisotopic (exact) mass is 784 g/mol. The van der Waals surface area contributed by atoms with E-state index in [2.05, 4.69) is 49.5 Å². The number of thiophene rings is 1. The zero-order chi connectivity index (χ0) is 38.4. The molecule has 0 fully saturated rings. The standard InChI is InChI=1S/C40H45ClN8O3S2/c1-23-25(3)53-39-35(23)36(28-17-19-29(41)20-18-28)45-32(37-48-47-27(5)49(37)39)22-34(51)42-21-13-9-7-6-8-10-16-33(50)44-31-15-12-11-14-30(31)38(52)46-40-43-24(2)26(4)54-40/h11-12,14-15,17-20,32H,6-10,13,16,21-22H2,1-5H3,(H,42,51)(H,44,50)(H,43,46,52)/t32-/m0/s1. The van der Waals surface area contributed by atoms with Crippen LogP contribution < -0.4 is 16.0 Å². The summed E-state index contributed by atoms with van der Waals surface area (Å²) in [6.45, 7) is 10.6. The predicted octanol–water partition coefficient (Wildman–Crippen LogP) is 9.00. The first-order valence-electron chi connectivity index (χ1n) is 18.3. The third kappa shape index (κ3) is 9.14. The molecule has 3 N–H and O–H groups in total. The highest BCUT2D eigenvalue weighted by molar-refractivity contribution is 7.16. The van der Waals surface area contributed by atoms with Gasteiger partial charge in [-0.2, -0.15) is 0 Å². The number of halogens is 1. The Bertz CT molecular complexity index is 2170. The molecular formula is C40H45ClN8O3S2. The molecule has 0 radical (unpaired) electrons. The van der Waals surface area contributed by atoms with E-state index in [1.54, 1.807) is 35.6 Å². The van der Waals surface area contributed by atoms with Gasteiger partial charge in [0.1, 0.15) is 16.9 Å². The second-order valence-electron chi connectivity index (χ2n) is 13.5. The first-order valence-corrected chi connectivity index (χ1v) is 20.3. The summed E-state index contributed by atoms with van der Waals surface area (Å²) >= 11 is 9.33. The summed E-state index contributed by atoms with van der Waals surface area (Å²) in [6, 6.07) is 14.2. The van der Waals surface area contributed by atoms with Crippen molar-refractivity contribution in [1.82, 2.24) is 25.1 Å². The van der Waals surface area contributed by atoms with E-state index in [4.69, 9.17) is 16.6 Å². The molecule has 11 nitrogen and oxygen atoms in total. The molecule has 1 atom stereocenters. The van der Waals surface area contributed by atoms with Crippen LogP contribution in [0.15, 0.2) is 53.5 Å². The summed E-state index contributed by atoms with van der Waals surface area (Å²) in [4.78, 5) is 50.7. The number of amides is 3. The van der Waals surface area contributed by atoms with E-state index in [1.807, 2.05) is 45.0 Å². The molecule has 3 aromatic heterocycles. The van der Waals surface area contributed by atoms with E-state index in [9.17, 15) is 14.4 Å². The summed E-state index contributed by atoms with van der Waals surface area (Å²) in [5, 5.41) is 19.9. The average molecular weight is 785 g/mol. The van der Waals surface area contributed by atoms with Crippen LogP contribution in [0.2, 0.25) is 5.02 Å². The molecule has 0 aliphatic carbocycles. The fraction of sp³-hybridized carbons (Fsp3) is 0.375. The third-order valence-corrected chi connectivity index (χ3v) is 12.0. The number of aromatic nitrogens is 4. The van der Waals surface area contributed by atoms with Gasteiger partial charge in [0.25, 0.3) is 5.91 Å². The molecule has 0 saturated carbocycles. The maximum absolute atomic E-state index is 13.3. The normalized spacial score (nSPS) is 13.4. The molecule has 0 bridgehead atoms. The van der Waals surface area contributed by atoms with Crippen LogP contribution in [0.5, 0.6) is 0 Å². The molecular weight excluding hydrogens is 740 g/mol. The maximum atomic E-state index is 13.3. The Labute approximate surface area is 328 Å². The number of fused-ring (bicyclic) bond motifs is 3. The zero-order valence-corrected chi connectivity index (χ0v) is 33.6. The summed E-state index contributed by atoms with van der Waals surface area (Å²) in [6.07, 6.45) is 6.05. The molecule has 0 unspecified atom stereocenters. The summed E-state index contributed by atoms with van der Waals surface area (Å²) in [7, 11) is 0. The Hall–Kier alpha value is -4.72. The third-order valence-electron chi connectivity index (χ3n) is 9.58. The fourth-order valence-electron chi connectivity index (χ4n) is 6.42. The lowest BCUT2D eigenvalue weighted by atomic mass is 9.99. The topological polar surface area (TPSA) is 143 Å². The minimum absolute atomic E-state index is 0.0805. The predicted molar refractivity (Wildman–Crippen MR) is 218 cm³/mol. The number of para-hydroxylation sites is 1. The highest BCUT2D eigenvalue weighted by atomic mass is 35.5. The van der Waals surface area contributed by atoms with Crippen LogP contribution in [0.4, 0.5) is 10.8 Å². The number of rotatable bonds is 15. The van der Waals surface area contributed by atoms with Gasteiger partial charge >= 0.3 is 0 Å². The van der Waals surface area contributed by atoms with Gasteiger partial charge in [-0.15, -0.1) is 32.9 Å². The van der Waals surface area contributed by atoms with Crippen molar-refractivity contribution in [3.8, 4) is 5.00 Å². The van der Waals surface area contributed by atoms with Crippen LogP contribution in [0.25, 0.3) is 5.00 Å². The van der Waals surface area contributed by atoms with Gasteiger partial charge in [0, 0.05) is 38.9 Å². The van der Waals surface area contributed by atoms with E-state index >= 15 is 0 Å². The van der Waals surface area contributed by atoms with Crippen molar-refractivity contribution in [1.29, 1.82) is 0 Å². The number of benzene rings is 2. The number of unbranched alkanes of at least 4 members (excludes halogenated alkanes) is 5. The molecule has 0 saturated heterocycles. The number of hydrogen-bond acceptors (Lipinski definition) is 9. The highest BCUT2D eigenvalue weighted by Crippen LogP contribution is 2.39. The quantitative estimate of drug-likeness (QED) is 0.0905. The number of aliphatic imine (C=N–C) groups is 1. The Morgan fingerprint density at radius 2 is 1.54 bits per heavy atom. The molecule has 14 heteroatoms. The average Bonchev–Trinajstić information content (AvgIpc) is 3.75. The van der Waals surface area contributed by atoms with Crippen molar-refractivity contribution in [2.75, 3.05) is 17.2 Å². The number of nitrogens with one attached hydrogen (secondary N) is 3. The number of hydrogen-bond donors (Lipinski definition) is 3. The number of aryl methyl sites for hydroxylation is 4. The van der Waals surface area contributed by atoms with Gasteiger partial charge in [0.05, 0.1) is 29.1 Å². The minimum atomic E-state index is -0.504. The molecule has 0 spiro atoms. The van der Waals surface area contributed by atoms with Gasteiger partial charge in [-0.3, -0.25) is 29.3 Å². The van der Waals surface area contributed by atoms with Crippen LogP contribution in [0, 0.1) is 34.6 Å². The van der Waals surface area contributed by atoms with Crippen molar-refractivity contribution >= 4 is 68.5 Å². The molecule has 282 valence electrons. The summed E-state index contributed by atoms with van der Waals surface area (Å²) in [5.74, 6) is 0.914. The Balaban J connectivity index is 0.937. The van der Waals surface area contributed by atoms with E-state index in [0.29, 0.717) is 40.2 Å². The Kier molecular flexibility index (Phi) is 12.7. The van der Waals surface area contributed by atoms with Crippen LogP contribution in [0.1, 0.15) is 112 Å². The lowest BCUT2D eigenvalue weighted by Gasteiger charge is -2.13. The SMILES string of the molecule is Cc1nc(NC(=O)c2ccccc2NC(=O)CCCCCCCCNC(=O)C[C@@H]2N=C(c3ccc(Cl)cc3)c3c(sc(C)c3C)-n3c(C)nnc32)sc1C. The molecule has 54 heavy (non-hydrogen) atoms. The lowest BCUT2D eigenvalue weighted by Crippen LogP contribution is -2.26.